The van der Waals surface area contributed by atoms with E-state index in [1.165, 1.54) is 4.90 Å². The zero-order valence-corrected chi connectivity index (χ0v) is 22.5. The normalized spacial score (nSPS) is 16.7. The molecular weight excluding hydrogens is 506 g/mol. The van der Waals surface area contributed by atoms with E-state index >= 15 is 0 Å². The maximum atomic E-state index is 12.9. The summed E-state index contributed by atoms with van der Waals surface area (Å²) < 4.78 is 0. The number of nitriles is 1. The molecule has 2 aliphatic heterocycles. The molecule has 0 spiro atoms. The van der Waals surface area contributed by atoms with E-state index in [0.29, 0.717) is 28.8 Å². The monoisotopic (exact) mass is 535 g/mol. The molecule has 9 heteroatoms. The molecule has 3 aromatic carbocycles. The topological polar surface area (TPSA) is 131 Å². The molecule has 0 saturated carbocycles. The molecule has 2 aliphatic rings. The Morgan fingerprint density at radius 1 is 1.02 bits per heavy atom. The van der Waals surface area contributed by atoms with Crippen LogP contribution in [0.1, 0.15) is 59.3 Å². The lowest BCUT2D eigenvalue weighted by Crippen LogP contribution is -2.52. The van der Waals surface area contributed by atoms with Crippen LogP contribution in [-0.2, 0) is 21.7 Å². The van der Waals surface area contributed by atoms with E-state index in [9.17, 15) is 24.4 Å². The number of fused-ring (bicyclic) bond motifs is 1. The Balaban J connectivity index is 1.25. The van der Waals surface area contributed by atoms with Crippen LogP contribution in [0.5, 0.6) is 0 Å². The molecule has 0 aromatic heterocycles. The molecule has 5 rings (SSSR count). The van der Waals surface area contributed by atoms with Crippen LogP contribution in [0.2, 0.25) is 0 Å². The average Bonchev–Trinajstić information content (AvgIpc) is 3.24. The SMILES string of the molecule is Cc1ccc(C#N)cc1-c1ccc(C(C)(C)NC(=O)Nc2ccc3c(c2)CN(C2CCC(=O)NC2=O)C3=O)cc1. The Morgan fingerprint density at radius 3 is 2.48 bits per heavy atom. The summed E-state index contributed by atoms with van der Waals surface area (Å²) in [7, 11) is 0. The highest BCUT2D eigenvalue weighted by Crippen LogP contribution is 2.30. The smallest absolute Gasteiger partial charge is 0.319 e. The van der Waals surface area contributed by atoms with Gasteiger partial charge in [-0.2, -0.15) is 5.26 Å². The van der Waals surface area contributed by atoms with Gasteiger partial charge in [0.2, 0.25) is 11.8 Å². The summed E-state index contributed by atoms with van der Waals surface area (Å²) in [6.45, 7) is 6.04. The first-order valence-electron chi connectivity index (χ1n) is 13.0. The predicted molar refractivity (Wildman–Crippen MR) is 149 cm³/mol. The quantitative estimate of drug-likeness (QED) is 0.418. The fourth-order valence-corrected chi connectivity index (χ4v) is 5.24. The van der Waals surface area contributed by atoms with Gasteiger partial charge in [0.15, 0.2) is 0 Å². The minimum atomic E-state index is -0.693. The fraction of sp³-hybridized carbons (Fsp3) is 0.258. The first-order valence-corrected chi connectivity index (χ1v) is 13.0. The molecule has 0 aliphatic carbocycles. The zero-order chi connectivity index (χ0) is 28.6. The van der Waals surface area contributed by atoms with Crippen LogP contribution in [0.15, 0.2) is 60.7 Å². The predicted octanol–water partition coefficient (Wildman–Crippen LogP) is 4.35. The third-order valence-electron chi connectivity index (χ3n) is 7.49. The van der Waals surface area contributed by atoms with Gasteiger partial charge in [0, 0.05) is 24.2 Å². The van der Waals surface area contributed by atoms with Crippen LogP contribution in [0.4, 0.5) is 10.5 Å². The maximum absolute atomic E-state index is 12.9. The van der Waals surface area contributed by atoms with Crippen molar-refractivity contribution in [2.45, 2.75) is 51.7 Å². The zero-order valence-electron chi connectivity index (χ0n) is 22.5. The number of carbonyl (C=O) groups is 4. The Bertz CT molecular complexity index is 1590. The highest BCUT2D eigenvalue weighted by Gasteiger charge is 2.39. The average molecular weight is 536 g/mol. The van der Waals surface area contributed by atoms with E-state index in [1.54, 1.807) is 24.3 Å². The molecule has 5 amide bonds. The van der Waals surface area contributed by atoms with Gasteiger partial charge in [0.25, 0.3) is 5.91 Å². The number of piperidine rings is 1. The van der Waals surface area contributed by atoms with E-state index in [0.717, 1.165) is 22.3 Å². The molecule has 3 N–H and O–H groups in total. The van der Waals surface area contributed by atoms with Gasteiger partial charge in [0.05, 0.1) is 17.2 Å². The van der Waals surface area contributed by atoms with Crippen molar-refractivity contribution in [3.8, 4) is 17.2 Å². The van der Waals surface area contributed by atoms with Crippen LogP contribution in [0.25, 0.3) is 11.1 Å². The summed E-state index contributed by atoms with van der Waals surface area (Å²) in [5.74, 6) is -1.06. The van der Waals surface area contributed by atoms with Crippen molar-refractivity contribution in [2.24, 2.45) is 0 Å². The van der Waals surface area contributed by atoms with Gasteiger partial charge >= 0.3 is 6.03 Å². The van der Waals surface area contributed by atoms with Crippen molar-refractivity contribution >= 4 is 29.4 Å². The molecule has 1 atom stereocenters. The number of hydrogen-bond donors (Lipinski definition) is 3. The molecule has 1 unspecified atom stereocenters. The van der Waals surface area contributed by atoms with E-state index in [2.05, 4.69) is 22.0 Å². The van der Waals surface area contributed by atoms with Gasteiger partial charge < -0.3 is 15.5 Å². The van der Waals surface area contributed by atoms with Crippen LogP contribution >= 0.6 is 0 Å². The summed E-state index contributed by atoms with van der Waals surface area (Å²) in [4.78, 5) is 51.1. The molecule has 1 fully saturated rings. The highest BCUT2D eigenvalue weighted by atomic mass is 16.2. The van der Waals surface area contributed by atoms with Gasteiger partial charge in [-0.15, -0.1) is 0 Å². The summed E-state index contributed by atoms with van der Waals surface area (Å²) in [5.41, 5.74) is 5.56. The van der Waals surface area contributed by atoms with E-state index in [4.69, 9.17) is 0 Å². The first-order chi connectivity index (χ1) is 19.1. The third-order valence-corrected chi connectivity index (χ3v) is 7.49. The first kappa shape index (κ1) is 26.6. The van der Waals surface area contributed by atoms with Gasteiger partial charge in [-0.3, -0.25) is 19.7 Å². The molecule has 3 aromatic rings. The Hall–Kier alpha value is -4.97. The Kier molecular flexibility index (Phi) is 6.86. The molecule has 2 heterocycles. The maximum Gasteiger partial charge on any atom is 0.319 e. The number of amides is 5. The van der Waals surface area contributed by atoms with Crippen LogP contribution in [-0.4, -0.2) is 34.7 Å². The Labute approximate surface area is 232 Å². The van der Waals surface area contributed by atoms with Crippen LogP contribution in [0, 0.1) is 18.3 Å². The second-order valence-electron chi connectivity index (χ2n) is 10.7. The van der Waals surface area contributed by atoms with E-state index in [-0.39, 0.29) is 24.8 Å². The van der Waals surface area contributed by atoms with Gasteiger partial charge in [-0.05, 0) is 85.3 Å². The summed E-state index contributed by atoms with van der Waals surface area (Å²) >= 11 is 0. The Morgan fingerprint density at radius 2 is 1.77 bits per heavy atom. The lowest BCUT2D eigenvalue weighted by molar-refractivity contribution is -0.136. The standard InChI is InChI=1S/C31H29N5O4/c1-18-4-5-19(16-32)14-25(18)20-6-8-22(9-7-20)31(2,3)35-30(40)33-23-10-11-24-21(15-23)17-36(29(24)39)26-12-13-27(37)34-28(26)38/h4-11,14-15,26H,12-13,17H2,1-3H3,(H2,33,35,40)(H,34,37,38). The molecule has 40 heavy (non-hydrogen) atoms. The van der Waals surface area contributed by atoms with Gasteiger partial charge in [-0.1, -0.05) is 30.3 Å². The van der Waals surface area contributed by atoms with Gasteiger partial charge in [-0.25, -0.2) is 4.79 Å². The number of carbonyl (C=O) groups excluding carboxylic acids is 4. The lowest BCUT2D eigenvalue weighted by atomic mass is 9.91. The summed E-state index contributed by atoms with van der Waals surface area (Å²) in [6, 6.07) is 19.6. The highest BCUT2D eigenvalue weighted by molar-refractivity contribution is 6.05. The van der Waals surface area contributed by atoms with Crippen molar-refractivity contribution < 1.29 is 19.2 Å². The van der Waals surface area contributed by atoms with Crippen molar-refractivity contribution in [2.75, 3.05) is 5.32 Å². The number of imide groups is 1. The number of nitrogens with zero attached hydrogens (tertiary/aromatic N) is 2. The second-order valence-corrected chi connectivity index (χ2v) is 10.7. The molecule has 9 nitrogen and oxygen atoms in total. The van der Waals surface area contributed by atoms with Crippen molar-refractivity contribution in [3.63, 3.8) is 0 Å². The minimum absolute atomic E-state index is 0.191. The number of benzene rings is 3. The second kappa shape index (κ2) is 10.3. The lowest BCUT2D eigenvalue weighted by Gasteiger charge is -2.29. The summed E-state index contributed by atoms with van der Waals surface area (Å²) in [5, 5.41) is 17.4. The number of aryl methyl sites for hydroxylation is 1. The number of hydrogen-bond acceptors (Lipinski definition) is 5. The van der Waals surface area contributed by atoms with E-state index in [1.807, 2.05) is 57.2 Å². The van der Waals surface area contributed by atoms with Crippen molar-refractivity contribution in [1.82, 2.24) is 15.5 Å². The molecule has 0 bridgehead atoms. The number of nitrogens with one attached hydrogen (secondary N) is 3. The molecule has 1 saturated heterocycles. The van der Waals surface area contributed by atoms with Crippen molar-refractivity contribution in [3.05, 3.63) is 88.5 Å². The number of rotatable bonds is 5. The van der Waals surface area contributed by atoms with Gasteiger partial charge in [0.1, 0.15) is 6.04 Å². The van der Waals surface area contributed by atoms with Crippen LogP contribution in [0.3, 0.4) is 0 Å². The molecular formula is C31H29N5O4. The minimum Gasteiger partial charge on any atom is -0.329 e. The van der Waals surface area contributed by atoms with Crippen LogP contribution < -0.4 is 16.0 Å². The molecule has 0 radical (unpaired) electrons. The number of anilines is 1. The summed E-state index contributed by atoms with van der Waals surface area (Å²) in [6.07, 6.45) is 0.482. The van der Waals surface area contributed by atoms with Crippen molar-refractivity contribution in [1.29, 1.82) is 5.26 Å². The fourth-order valence-electron chi connectivity index (χ4n) is 5.24. The third kappa shape index (κ3) is 5.16. The largest absolute Gasteiger partial charge is 0.329 e. The molecule has 202 valence electrons. The number of urea groups is 1. The van der Waals surface area contributed by atoms with E-state index < -0.39 is 23.5 Å².